The van der Waals surface area contributed by atoms with Crippen molar-refractivity contribution in [3.8, 4) is 0 Å². The summed E-state index contributed by atoms with van der Waals surface area (Å²) in [5, 5.41) is 15.4. The highest BCUT2D eigenvalue weighted by molar-refractivity contribution is 5.92. The first-order chi connectivity index (χ1) is 12.7. The smallest absolute Gasteiger partial charge is 0.271 e. The van der Waals surface area contributed by atoms with Gasteiger partial charge in [-0.25, -0.2) is 4.98 Å². The van der Waals surface area contributed by atoms with Crippen molar-refractivity contribution in [2.24, 2.45) is 5.92 Å². The predicted octanol–water partition coefficient (Wildman–Crippen LogP) is 1.04. The second-order valence-corrected chi connectivity index (χ2v) is 7.03. The van der Waals surface area contributed by atoms with Gasteiger partial charge in [-0.1, -0.05) is 0 Å². The average molecular weight is 352 g/mol. The maximum Gasteiger partial charge on any atom is 0.271 e. The van der Waals surface area contributed by atoms with Crippen LogP contribution in [0.15, 0.2) is 24.7 Å². The third kappa shape index (κ3) is 2.59. The van der Waals surface area contributed by atoms with Crippen molar-refractivity contribution in [2.45, 2.75) is 32.4 Å². The molecule has 1 fully saturated rings. The number of nitrogens with zero attached hydrogens (tertiary/aromatic N) is 7. The highest BCUT2D eigenvalue weighted by Gasteiger charge is 2.29. The predicted molar refractivity (Wildman–Crippen MR) is 93.8 cm³/mol. The van der Waals surface area contributed by atoms with Crippen LogP contribution < -0.4 is 10.2 Å². The number of anilines is 1. The van der Waals surface area contributed by atoms with E-state index in [9.17, 15) is 4.79 Å². The summed E-state index contributed by atoms with van der Waals surface area (Å²) in [5.41, 5.74) is 1.21. The fourth-order valence-corrected chi connectivity index (χ4v) is 3.43. The van der Waals surface area contributed by atoms with Crippen molar-refractivity contribution in [1.82, 2.24) is 34.7 Å². The van der Waals surface area contributed by atoms with E-state index in [-0.39, 0.29) is 11.9 Å². The molecule has 0 spiro atoms. The largest absolute Gasteiger partial charge is 0.350 e. The van der Waals surface area contributed by atoms with E-state index in [1.165, 1.54) is 12.8 Å². The lowest BCUT2D eigenvalue weighted by Crippen LogP contribution is -2.37. The molecule has 2 aliphatic rings. The van der Waals surface area contributed by atoms with Gasteiger partial charge in [-0.3, -0.25) is 4.79 Å². The molecule has 9 heteroatoms. The molecule has 1 unspecified atom stereocenters. The van der Waals surface area contributed by atoms with Crippen LogP contribution in [0, 0.1) is 5.92 Å². The molecule has 0 bridgehead atoms. The molecule has 0 radical (unpaired) electrons. The third-order valence-corrected chi connectivity index (χ3v) is 5.15. The van der Waals surface area contributed by atoms with Crippen LogP contribution >= 0.6 is 0 Å². The fraction of sp³-hybridized carbons (Fsp3) is 0.471. The summed E-state index contributed by atoms with van der Waals surface area (Å²) in [5.74, 6) is 2.31. The fourth-order valence-electron chi connectivity index (χ4n) is 3.43. The Morgan fingerprint density at radius 2 is 2.19 bits per heavy atom. The Hall–Kier alpha value is -2.97. The number of aromatic nitrogens is 6. The Kier molecular flexibility index (Phi) is 3.41. The first kappa shape index (κ1) is 15.3. The summed E-state index contributed by atoms with van der Waals surface area (Å²) < 4.78 is 3.74. The summed E-state index contributed by atoms with van der Waals surface area (Å²) in [6.07, 6.45) is 5.89. The minimum atomic E-state index is -0.0819. The molecular formula is C17H20N8O. The molecule has 9 nitrogen and oxygen atoms in total. The lowest BCUT2D eigenvalue weighted by atomic mass is 10.2. The van der Waals surface area contributed by atoms with Crippen LogP contribution in [0.5, 0.6) is 0 Å². The number of nitrogens with one attached hydrogen (secondary N) is 1. The highest BCUT2D eigenvalue weighted by atomic mass is 16.1. The van der Waals surface area contributed by atoms with Crippen LogP contribution in [0.3, 0.4) is 0 Å². The van der Waals surface area contributed by atoms with Crippen molar-refractivity contribution in [3.05, 3.63) is 36.2 Å². The molecule has 0 aromatic carbocycles. The van der Waals surface area contributed by atoms with Gasteiger partial charge in [0.05, 0.1) is 6.04 Å². The third-order valence-electron chi connectivity index (χ3n) is 5.15. The monoisotopic (exact) mass is 352 g/mol. The number of amides is 1. The minimum Gasteiger partial charge on any atom is -0.350 e. The lowest BCUT2D eigenvalue weighted by Gasteiger charge is -2.34. The zero-order valence-electron chi connectivity index (χ0n) is 14.5. The Morgan fingerprint density at radius 3 is 3.04 bits per heavy atom. The Bertz CT molecular complexity index is 972. The standard InChI is InChI=1S/C17H20N8O/c1-11-16-20-13(17(26)18-8-12-2-3-12)9-23(16)6-7-24(11)15-5-4-14-21-19-10-25(14)22-15/h4-5,9-12H,2-3,6-8H2,1H3,(H,18,26). The average Bonchev–Trinajstić information content (AvgIpc) is 3.18. The molecule has 3 aromatic heterocycles. The van der Waals surface area contributed by atoms with Crippen molar-refractivity contribution < 1.29 is 4.79 Å². The highest BCUT2D eigenvalue weighted by Crippen LogP contribution is 2.29. The van der Waals surface area contributed by atoms with Gasteiger partial charge in [-0.15, -0.1) is 15.3 Å². The molecule has 3 aromatic rings. The number of hydrogen-bond acceptors (Lipinski definition) is 6. The van der Waals surface area contributed by atoms with Crippen molar-refractivity contribution in [2.75, 3.05) is 18.0 Å². The summed E-state index contributed by atoms with van der Waals surface area (Å²) in [6.45, 7) is 4.41. The molecule has 4 heterocycles. The Balaban J connectivity index is 1.39. The zero-order valence-corrected chi connectivity index (χ0v) is 14.5. The van der Waals surface area contributed by atoms with Crippen LogP contribution in [0.1, 0.15) is 42.1 Å². The number of imidazole rings is 1. The molecule has 26 heavy (non-hydrogen) atoms. The summed E-state index contributed by atoms with van der Waals surface area (Å²) >= 11 is 0. The van der Waals surface area contributed by atoms with Crippen molar-refractivity contribution in [1.29, 1.82) is 0 Å². The zero-order chi connectivity index (χ0) is 17.7. The number of carbonyl (C=O) groups excluding carboxylic acids is 1. The van der Waals surface area contributed by atoms with Crippen molar-refractivity contribution in [3.63, 3.8) is 0 Å². The summed E-state index contributed by atoms with van der Waals surface area (Å²) in [4.78, 5) is 19.1. The lowest BCUT2D eigenvalue weighted by molar-refractivity contribution is 0.0947. The Labute approximate surface area is 150 Å². The van der Waals surface area contributed by atoms with Gasteiger partial charge < -0.3 is 14.8 Å². The number of hydrogen-bond donors (Lipinski definition) is 1. The molecule has 1 aliphatic heterocycles. The van der Waals surface area contributed by atoms with E-state index in [1.807, 2.05) is 18.3 Å². The molecule has 1 aliphatic carbocycles. The molecular weight excluding hydrogens is 332 g/mol. The van der Waals surface area contributed by atoms with Crippen LogP contribution in [-0.2, 0) is 6.54 Å². The van der Waals surface area contributed by atoms with Gasteiger partial charge in [0, 0.05) is 25.8 Å². The summed E-state index contributed by atoms with van der Waals surface area (Å²) in [7, 11) is 0. The number of fused-ring (bicyclic) bond motifs is 2. The van der Waals surface area contributed by atoms with E-state index in [1.54, 1.807) is 10.8 Å². The first-order valence-electron chi connectivity index (χ1n) is 8.98. The van der Waals surface area contributed by atoms with E-state index in [0.717, 1.165) is 36.9 Å². The van der Waals surface area contributed by atoms with Gasteiger partial charge in [0.15, 0.2) is 5.65 Å². The van der Waals surface area contributed by atoms with Gasteiger partial charge >= 0.3 is 0 Å². The first-order valence-corrected chi connectivity index (χ1v) is 8.98. The van der Waals surface area contributed by atoms with Crippen LogP contribution in [0.4, 0.5) is 5.82 Å². The number of carbonyl (C=O) groups is 1. The maximum atomic E-state index is 12.3. The van der Waals surface area contributed by atoms with E-state index in [2.05, 4.69) is 42.0 Å². The van der Waals surface area contributed by atoms with E-state index < -0.39 is 0 Å². The van der Waals surface area contributed by atoms with E-state index >= 15 is 0 Å². The maximum absolute atomic E-state index is 12.3. The van der Waals surface area contributed by atoms with Crippen LogP contribution in [-0.4, -0.2) is 48.4 Å². The second-order valence-electron chi connectivity index (χ2n) is 7.03. The Morgan fingerprint density at radius 1 is 1.31 bits per heavy atom. The normalized spacial score (nSPS) is 19.6. The van der Waals surface area contributed by atoms with Gasteiger partial charge in [-0.05, 0) is 37.8 Å². The quantitative estimate of drug-likeness (QED) is 0.754. The topological polar surface area (TPSA) is 93.2 Å². The van der Waals surface area contributed by atoms with Gasteiger partial charge in [0.25, 0.3) is 5.91 Å². The number of rotatable bonds is 4. The van der Waals surface area contributed by atoms with Crippen molar-refractivity contribution >= 4 is 17.4 Å². The molecule has 1 atom stereocenters. The van der Waals surface area contributed by atoms with Gasteiger partial charge in [-0.2, -0.15) is 4.52 Å². The van der Waals surface area contributed by atoms with E-state index in [0.29, 0.717) is 11.6 Å². The van der Waals surface area contributed by atoms with Gasteiger partial charge in [0.2, 0.25) is 0 Å². The van der Waals surface area contributed by atoms with Crippen LogP contribution in [0.2, 0.25) is 0 Å². The van der Waals surface area contributed by atoms with Crippen LogP contribution in [0.25, 0.3) is 5.65 Å². The minimum absolute atomic E-state index is 0.0233. The van der Waals surface area contributed by atoms with Gasteiger partial charge in [0.1, 0.15) is 23.7 Å². The SMILES string of the molecule is CC1c2nc(C(=O)NCC3CC3)cn2CCN1c1ccc2nncn2n1. The summed E-state index contributed by atoms with van der Waals surface area (Å²) in [6, 6.07) is 3.87. The molecule has 1 saturated carbocycles. The van der Waals surface area contributed by atoms with E-state index in [4.69, 9.17) is 0 Å². The molecule has 134 valence electrons. The molecule has 1 amide bonds. The second kappa shape index (κ2) is 5.79. The molecule has 5 rings (SSSR count). The molecule has 0 saturated heterocycles. The molecule has 1 N–H and O–H groups in total.